The van der Waals surface area contributed by atoms with Gasteiger partial charge in [0, 0.05) is 29.1 Å². The molecule has 0 aliphatic heterocycles. The predicted octanol–water partition coefficient (Wildman–Crippen LogP) is 3.53. The van der Waals surface area contributed by atoms with Crippen LogP contribution >= 0.6 is 11.3 Å². The largest absolute Gasteiger partial charge is 0.505 e. The molecule has 3 rings (SSSR count). The summed E-state index contributed by atoms with van der Waals surface area (Å²) in [6.07, 6.45) is 1.72. The first-order valence-corrected chi connectivity index (χ1v) is 8.48. The molecule has 3 aromatic rings. The topological polar surface area (TPSA) is 105 Å². The smallest absolute Gasteiger partial charge is 0.279 e. The predicted molar refractivity (Wildman–Crippen MR) is 94.7 cm³/mol. The number of phenols is 1. The number of thiophene rings is 1. The number of nitro groups is 1. The number of nitro benzene ring substituents is 1. The molecule has 2 aromatic heterocycles. The summed E-state index contributed by atoms with van der Waals surface area (Å²) in [6.45, 7) is 1.71. The number of pyridine rings is 1. The summed E-state index contributed by atoms with van der Waals surface area (Å²) in [6, 6.07) is 7.35. The molecule has 1 amide bonds. The molecule has 2 heterocycles. The van der Waals surface area contributed by atoms with Crippen LogP contribution in [0.15, 0.2) is 41.9 Å². The SMILES string of the molecule is CCC(=O)N[C@H](c1cccs1)c1cc([N+](=O)[O-])c2cccnc2c1O. The van der Waals surface area contributed by atoms with Gasteiger partial charge in [0.15, 0.2) is 0 Å². The van der Waals surface area contributed by atoms with E-state index in [2.05, 4.69) is 10.3 Å². The van der Waals surface area contributed by atoms with Crippen molar-refractivity contribution in [2.45, 2.75) is 19.4 Å². The molecule has 0 spiro atoms. The van der Waals surface area contributed by atoms with Crippen molar-refractivity contribution in [2.75, 3.05) is 0 Å². The molecule has 128 valence electrons. The van der Waals surface area contributed by atoms with Crippen LogP contribution in [0.1, 0.15) is 29.8 Å². The molecule has 0 aliphatic carbocycles. The van der Waals surface area contributed by atoms with E-state index in [1.54, 1.807) is 19.1 Å². The Bertz CT molecular complexity index is 940. The number of non-ortho nitro benzene ring substituents is 1. The van der Waals surface area contributed by atoms with Crippen LogP contribution in [0, 0.1) is 10.1 Å². The summed E-state index contributed by atoms with van der Waals surface area (Å²) in [5.41, 5.74) is 0.226. The van der Waals surface area contributed by atoms with Gasteiger partial charge in [0.25, 0.3) is 5.69 Å². The Balaban J connectivity index is 2.25. The number of amides is 1. The first-order valence-electron chi connectivity index (χ1n) is 7.60. The van der Waals surface area contributed by atoms with E-state index in [-0.39, 0.29) is 40.2 Å². The van der Waals surface area contributed by atoms with Crippen LogP contribution in [0.25, 0.3) is 10.9 Å². The number of phenolic OH excluding ortho intramolecular Hbond substituents is 1. The molecule has 0 radical (unpaired) electrons. The van der Waals surface area contributed by atoms with Crippen molar-refractivity contribution in [1.29, 1.82) is 0 Å². The lowest BCUT2D eigenvalue weighted by Gasteiger charge is -2.19. The van der Waals surface area contributed by atoms with Crippen LogP contribution < -0.4 is 5.32 Å². The number of rotatable bonds is 5. The summed E-state index contributed by atoms with van der Waals surface area (Å²) in [4.78, 5) is 27.8. The molecule has 0 bridgehead atoms. The average Bonchev–Trinajstić information content (AvgIpc) is 3.14. The normalized spacial score (nSPS) is 12.0. The minimum atomic E-state index is -0.683. The number of nitrogens with one attached hydrogen (secondary N) is 1. The van der Waals surface area contributed by atoms with Gasteiger partial charge in [-0.3, -0.25) is 19.9 Å². The zero-order valence-corrected chi connectivity index (χ0v) is 14.1. The summed E-state index contributed by atoms with van der Waals surface area (Å²) in [5.74, 6) is -0.391. The van der Waals surface area contributed by atoms with E-state index in [0.29, 0.717) is 0 Å². The van der Waals surface area contributed by atoms with E-state index in [1.165, 1.54) is 29.7 Å². The number of hydrogen-bond acceptors (Lipinski definition) is 6. The summed E-state index contributed by atoms with van der Waals surface area (Å²) >= 11 is 1.39. The maximum Gasteiger partial charge on any atom is 0.279 e. The number of fused-ring (bicyclic) bond motifs is 1. The molecule has 0 saturated carbocycles. The lowest BCUT2D eigenvalue weighted by molar-refractivity contribution is -0.383. The highest BCUT2D eigenvalue weighted by molar-refractivity contribution is 7.10. The Kier molecular flexibility index (Phi) is 4.62. The minimum absolute atomic E-state index is 0.138. The van der Waals surface area contributed by atoms with Gasteiger partial charge in [-0.2, -0.15) is 0 Å². The van der Waals surface area contributed by atoms with E-state index >= 15 is 0 Å². The number of carbonyl (C=O) groups is 1. The van der Waals surface area contributed by atoms with Gasteiger partial charge in [0.2, 0.25) is 5.91 Å². The number of hydrogen-bond donors (Lipinski definition) is 2. The van der Waals surface area contributed by atoms with E-state index in [0.717, 1.165) is 4.88 Å². The zero-order chi connectivity index (χ0) is 18.0. The maximum atomic E-state index is 11.9. The number of carbonyl (C=O) groups excluding carboxylic acids is 1. The van der Waals surface area contributed by atoms with Crippen LogP contribution in [0.5, 0.6) is 5.75 Å². The van der Waals surface area contributed by atoms with E-state index in [9.17, 15) is 20.0 Å². The standard InChI is InChI=1S/C17H15N3O4S/c1-2-14(21)19-15(13-6-4-8-25-13)11-9-12(20(23)24)10-5-3-7-18-16(10)17(11)22/h3-9,15,22H,2H2,1H3,(H,19,21)/t15-/m0/s1. The van der Waals surface area contributed by atoms with Gasteiger partial charge in [-0.05, 0) is 23.6 Å². The van der Waals surface area contributed by atoms with Gasteiger partial charge in [-0.25, -0.2) is 0 Å². The molecule has 25 heavy (non-hydrogen) atoms. The Hall–Kier alpha value is -3.00. The van der Waals surface area contributed by atoms with Crippen molar-refractivity contribution in [3.63, 3.8) is 0 Å². The first kappa shape index (κ1) is 16.8. The fraction of sp³-hybridized carbons (Fsp3) is 0.176. The Morgan fingerprint density at radius 3 is 2.88 bits per heavy atom. The van der Waals surface area contributed by atoms with E-state index in [4.69, 9.17) is 0 Å². The van der Waals surface area contributed by atoms with E-state index in [1.807, 2.05) is 11.4 Å². The Morgan fingerprint density at radius 2 is 2.24 bits per heavy atom. The second-order valence-electron chi connectivity index (χ2n) is 5.36. The van der Waals surface area contributed by atoms with E-state index < -0.39 is 11.0 Å². The second kappa shape index (κ2) is 6.86. The molecule has 0 unspecified atom stereocenters. The van der Waals surface area contributed by atoms with Gasteiger partial charge in [0.05, 0.1) is 16.4 Å². The van der Waals surface area contributed by atoms with Crippen molar-refractivity contribution in [2.24, 2.45) is 0 Å². The first-order chi connectivity index (χ1) is 12.0. The van der Waals surface area contributed by atoms with Crippen LogP contribution in [-0.4, -0.2) is 20.9 Å². The van der Waals surface area contributed by atoms with Crippen molar-refractivity contribution in [3.8, 4) is 5.75 Å². The number of nitrogens with zero attached hydrogens (tertiary/aromatic N) is 2. The molecule has 1 atom stereocenters. The minimum Gasteiger partial charge on any atom is -0.505 e. The van der Waals surface area contributed by atoms with Crippen molar-refractivity contribution < 1.29 is 14.8 Å². The number of aromatic nitrogens is 1. The second-order valence-corrected chi connectivity index (χ2v) is 6.34. The molecule has 0 saturated heterocycles. The third-order valence-corrected chi connectivity index (χ3v) is 4.77. The molecule has 0 fully saturated rings. The van der Waals surface area contributed by atoms with Crippen molar-refractivity contribution >= 4 is 33.8 Å². The van der Waals surface area contributed by atoms with Gasteiger partial charge in [-0.1, -0.05) is 13.0 Å². The van der Waals surface area contributed by atoms with Crippen molar-refractivity contribution in [3.05, 3.63) is 62.5 Å². The summed E-state index contributed by atoms with van der Waals surface area (Å²) < 4.78 is 0. The Morgan fingerprint density at radius 1 is 1.44 bits per heavy atom. The highest BCUT2D eigenvalue weighted by Crippen LogP contribution is 2.40. The van der Waals surface area contributed by atoms with Gasteiger partial charge < -0.3 is 10.4 Å². The summed E-state index contributed by atoms with van der Waals surface area (Å²) in [5, 5.41) is 27.1. The summed E-state index contributed by atoms with van der Waals surface area (Å²) in [7, 11) is 0. The molecule has 8 heteroatoms. The third kappa shape index (κ3) is 3.16. The lowest BCUT2D eigenvalue weighted by atomic mass is 9.99. The van der Waals surface area contributed by atoms with Crippen LogP contribution in [0.2, 0.25) is 0 Å². The zero-order valence-electron chi connectivity index (χ0n) is 13.3. The molecule has 0 aliphatic rings. The number of aromatic hydroxyl groups is 1. The Labute approximate surface area is 147 Å². The fourth-order valence-electron chi connectivity index (χ4n) is 2.62. The average molecular weight is 357 g/mol. The van der Waals surface area contributed by atoms with Gasteiger partial charge in [0.1, 0.15) is 11.3 Å². The molecular formula is C17H15N3O4S. The molecule has 2 N–H and O–H groups in total. The number of benzene rings is 1. The van der Waals surface area contributed by atoms with Gasteiger partial charge in [-0.15, -0.1) is 11.3 Å². The maximum absolute atomic E-state index is 11.9. The third-order valence-electron chi connectivity index (χ3n) is 3.84. The lowest BCUT2D eigenvalue weighted by Crippen LogP contribution is -2.28. The quantitative estimate of drug-likeness (QED) is 0.537. The molecule has 7 nitrogen and oxygen atoms in total. The monoisotopic (exact) mass is 357 g/mol. The molecule has 1 aromatic carbocycles. The van der Waals surface area contributed by atoms with Crippen LogP contribution in [-0.2, 0) is 4.79 Å². The van der Waals surface area contributed by atoms with Crippen molar-refractivity contribution in [1.82, 2.24) is 10.3 Å². The van der Waals surface area contributed by atoms with Gasteiger partial charge >= 0.3 is 0 Å². The highest BCUT2D eigenvalue weighted by atomic mass is 32.1. The van der Waals surface area contributed by atoms with Crippen LogP contribution in [0.4, 0.5) is 5.69 Å². The molecular weight excluding hydrogens is 342 g/mol. The van der Waals surface area contributed by atoms with Crippen LogP contribution in [0.3, 0.4) is 0 Å². The highest BCUT2D eigenvalue weighted by Gasteiger charge is 2.27. The fourth-order valence-corrected chi connectivity index (χ4v) is 3.42.